The fraction of sp³-hybridized carbons (Fsp3) is 0.308. The number of benzene rings is 1. The van der Waals surface area contributed by atoms with Gasteiger partial charge in [-0.3, -0.25) is 9.59 Å². The summed E-state index contributed by atoms with van der Waals surface area (Å²) in [4.78, 5) is 24.4. The molecule has 1 unspecified atom stereocenters. The highest BCUT2D eigenvalue weighted by molar-refractivity contribution is 6.32. The first-order valence-corrected chi connectivity index (χ1v) is 6.36. The van der Waals surface area contributed by atoms with Crippen molar-refractivity contribution in [3.8, 4) is 6.07 Å². The third-order valence-corrected chi connectivity index (χ3v) is 3.42. The fourth-order valence-corrected chi connectivity index (χ4v) is 2.38. The highest BCUT2D eigenvalue weighted by Crippen LogP contribution is 2.26. The van der Waals surface area contributed by atoms with Gasteiger partial charge in [-0.05, 0) is 18.2 Å². The summed E-state index contributed by atoms with van der Waals surface area (Å²) in [5, 5.41) is 20.7. The van der Waals surface area contributed by atoms with Gasteiger partial charge < -0.3 is 15.3 Å². The maximum absolute atomic E-state index is 11.8. The van der Waals surface area contributed by atoms with E-state index >= 15 is 0 Å². The molecule has 1 amide bonds. The number of hydrogen-bond acceptors (Lipinski definition) is 4. The Hall–Kier alpha value is -2.26. The number of halogens is 1. The predicted molar refractivity (Wildman–Crippen MR) is 72.6 cm³/mol. The third-order valence-electron chi connectivity index (χ3n) is 3.10. The molecule has 0 bridgehead atoms. The minimum atomic E-state index is -1.04. The molecule has 6 nitrogen and oxygen atoms in total. The highest BCUT2D eigenvalue weighted by atomic mass is 35.5. The molecule has 2 N–H and O–H groups in total. The monoisotopic (exact) mass is 293 g/mol. The predicted octanol–water partition coefficient (Wildman–Crippen LogP) is 0.991. The van der Waals surface area contributed by atoms with Crippen LogP contribution in [-0.2, 0) is 9.59 Å². The lowest BCUT2D eigenvalue weighted by Gasteiger charge is -2.36. The van der Waals surface area contributed by atoms with E-state index in [1.807, 2.05) is 6.07 Å². The Morgan fingerprint density at radius 2 is 2.35 bits per heavy atom. The molecule has 1 aliphatic heterocycles. The first kappa shape index (κ1) is 14.2. The minimum Gasteiger partial charge on any atom is -0.481 e. The number of nitrogens with one attached hydrogen (secondary N) is 1. The Bertz CT molecular complexity index is 597. The van der Waals surface area contributed by atoms with Crippen molar-refractivity contribution in [1.82, 2.24) is 5.32 Å². The van der Waals surface area contributed by atoms with E-state index in [1.54, 1.807) is 23.1 Å². The number of amides is 1. The summed E-state index contributed by atoms with van der Waals surface area (Å²) in [6, 6.07) is 5.98. The number of hydrogen-bond donors (Lipinski definition) is 2. The third kappa shape index (κ3) is 2.83. The zero-order chi connectivity index (χ0) is 14.7. The molecule has 0 radical (unpaired) electrons. The maximum Gasteiger partial charge on any atom is 0.305 e. The summed E-state index contributed by atoms with van der Waals surface area (Å²) in [6.07, 6.45) is -0.288. The molecule has 0 spiro atoms. The van der Waals surface area contributed by atoms with Crippen LogP contribution in [-0.4, -0.2) is 36.1 Å². The Kier molecular flexibility index (Phi) is 4.11. The summed E-state index contributed by atoms with van der Waals surface area (Å²) in [5.74, 6) is -1.36. The standard InChI is InChI=1S/C13H12ClN3O3/c14-10-5-9(2-1-8(10)7-15)17-4-3-16-13(20)11(17)6-12(18)19/h1-2,5,11H,3-4,6H2,(H,16,20)(H,18,19). The van der Waals surface area contributed by atoms with Gasteiger partial charge in [-0.15, -0.1) is 0 Å². The Labute approximate surface area is 120 Å². The number of aliphatic carboxylic acids is 1. The quantitative estimate of drug-likeness (QED) is 0.867. The first-order valence-electron chi connectivity index (χ1n) is 5.98. The number of nitrogens with zero attached hydrogens (tertiary/aromatic N) is 2. The highest BCUT2D eigenvalue weighted by Gasteiger charge is 2.31. The van der Waals surface area contributed by atoms with E-state index in [9.17, 15) is 9.59 Å². The van der Waals surface area contributed by atoms with Crippen molar-refractivity contribution in [1.29, 1.82) is 5.26 Å². The van der Waals surface area contributed by atoms with Crippen molar-refractivity contribution in [3.05, 3.63) is 28.8 Å². The molecule has 0 saturated carbocycles. The molecular formula is C13H12ClN3O3. The Morgan fingerprint density at radius 3 is 2.95 bits per heavy atom. The number of anilines is 1. The lowest BCUT2D eigenvalue weighted by atomic mass is 10.1. The average Bonchev–Trinajstić information content (AvgIpc) is 2.40. The van der Waals surface area contributed by atoms with Gasteiger partial charge in [0.05, 0.1) is 17.0 Å². The first-order chi connectivity index (χ1) is 9.52. The van der Waals surface area contributed by atoms with Crippen molar-refractivity contribution in [3.63, 3.8) is 0 Å². The second-order valence-corrected chi connectivity index (χ2v) is 4.78. The van der Waals surface area contributed by atoms with Crippen molar-refractivity contribution in [2.45, 2.75) is 12.5 Å². The van der Waals surface area contributed by atoms with Gasteiger partial charge in [-0.2, -0.15) is 5.26 Å². The Balaban J connectivity index is 2.33. The summed E-state index contributed by atoms with van der Waals surface area (Å²) >= 11 is 5.97. The van der Waals surface area contributed by atoms with Crippen molar-refractivity contribution >= 4 is 29.2 Å². The van der Waals surface area contributed by atoms with E-state index in [0.717, 1.165) is 0 Å². The van der Waals surface area contributed by atoms with Crippen LogP contribution in [0.25, 0.3) is 0 Å². The molecule has 1 saturated heterocycles. The second-order valence-electron chi connectivity index (χ2n) is 4.37. The number of piperazine rings is 1. The lowest BCUT2D eigenvalue weighted by Crippen LogP contribution is -2.56. The van der Waals surface area contributed by atoms with Crippen molar-refractivity contribution in [2.24, 2.45) is 0 Å². The number of carbonyl (C=O) groups excluding carboxylic acids is 1. The fourth-order valence-electron chi connectivity index (χ4n) is 2.17. The largest absolute Gasteiger partial charge is 0.481 e. The molecular weight excluding hydrogens is 282 g/mol. The van der Waals surface area contributed by atoms with Crippen LogP contribution in [0.5, 0.6) is 0 Å². The van der Waals surface area contributed by atoms with Crippen LogP contribution in [0, 0.1) is 11.3 Å². The zero-order valence-corrected chi connectivity index (χ0v) is 11.2. The second kappa shape index (κ2) is 5.80. The van der Waals surface area contributed by atoms with Crippen LogP contribution in [0.2, 0.25) is 5.02 Å². The topological polar surface area (TPSA) is 93.4 Å². The molecule has 0 aromatic heterocycles. The number of carboxylic acids is 1. The molecule has 1 heterocycles. The zero-order valence-electron chi connectivity index (χ0n) is 10.5. The molecule has 104 valence electrons. The van der Waals surface area contributed by atoms with Gasteiger partial charge in [0.1, 0.15) is 12.1 Å². The van der Waals surface area contributed by atoms with Gasteiger partial charge in [0.25, 0.3) is 0 Å². The molecule has 7 heteroatoms. The van der Waals surface area contributed by atoms with Crippen LogP contribution >= 0.6 is 11.6 Å². The van der Waals surface area contributed by atoms with E-state index in [2.05, 4.69) is 5.32 Å². The number of carbonyl (C=O) groups is 2. The van der Waals surface area contributed by atoms with E-state index in [-0.39, 0.29) is 17.4 Å². The molecule has 1 atom stereocenters. The summed E-state index contributed by atoms with van der Waals surface area (Å²) in [6.45, 7) is 0.929. The van der Waals surface area contributed by atoms with Crippen molar-refractivity contribution < 1.29 is 14.7 Å². The lowest BCUT2D eigenvalue weighted by molar-refractivity contribution is -0.139. The summed E-state index contributed by atoms with van der Waals surface area (Å²) in [5.41, 5.74) is 0.974. The normalized spacial score (nSPS) is 18.3. The summed E-state index contributed by atoms with van der Waals surface area (Å²) in [7, 11) is 0. The average molecular weight is 294 g/mol. The van der Waals surface area contributed by atoms with Gasteiger partial charge in [-0.1, -0.05) is 11.6 Å². The molecule has 1 aliphatic rings. The minimum absolute atomic E-state index is 0.282. The van der Waals surface area contributed by atoms with Gasteiger partial charge >= 0.3 is 5.97 Å². The number of rotatable bonds is 3. The molecule has 0 aliphatic carbocycles. The van der Waals surface area contributed by atoms with Crippen LogP contribution < -0.4 is 10.2 Å². The van der Waals surface area contributed by atoms with Crippen LogP contribution in [0.15, 0.2) is 18.2 Å². The van der Waals surface area contributed by atoms with Crippen molar-refractivity contribution in [2.75, 3.05) is 18.0 Å². The van der Waals surface area contributed by atoms with Gasteiger partial charge in [0.2, 0.25) is 5.91 Å². The molecule has 1 aromatic carbocycles. The van der Waals surface area contributed by atoms with E-state index in [4.69, 9.17) is 22.0 Å². The van der Waals surface area contributed by atoms with Gasteiger partial charge in [-0.25, -0.2) is 0 Å². The SMILES string of the molecule is N#Cc1ccc(N2CCNC(=O)C2CC(=O)O)cc1Cl. The number of carboxylic acid groups (broad SMARTS) is 1. The number of nitriles is 1. The van der Waals surface area contributed by atoms with E-state index in [0.29, 0.717) is 24.3 Å². The maximum atomic E-state index is 11.8. The molecule has 1 fully saturated rings. The smallest absolute Gasteiger partial charge is 0.305 e. The van der Waals surface area contributed by atoms with Gasteiger partial charge in [0, 0.05) is 18.8 Å². The summed E-state index contributed by atoms with van der Waals surface area (Å²) < 4.78 is 0. The van der Waals surface area contributed by atoms with Crippen LogP contribution in [0.1, 0.15) is 12.0 Å². The van der Waals surface area contributed by atoms with Crippen LogP contribution in [0.4, 0.5) is 5.69 Å². The van der Waals surface area contributed by atoms with E-state index < -0.39 is 12.0 Å². The molecule has 1 aromatic rings. The van der Waals surface area contributed by atoms with E-state index in [1.165, 1.54) is 0 Å². The molecule has 2 rings (SSSR count). The van der Waals surface area contributed by atoms with Gasteiger partial charge in [0.15, 0.2) is 0 Å². The van der Waals surface area contributed by atoms with Crippen LogP contribution in [0.3, 0.4) is 0 Å². The molecule has 20 heavy (non-hydrogen) atoms. The Morgan fingerprint density at radius 1 is 1.60 bits per heavy atom.